The largest absolute Gasteiger partial charge is 0.244 e. The van der Waals surface area contributed by atoms with Gasteiger partial charge < -0.3 is 0 Å². The second-order valence-electron chi connectivity index (χ2n) is 5.38. The summed E-state index contributed by atoms with van der Waals surface area (Å²) < 4.78 is 28.7. The summed E-state index contributed by atoms with van der Waals surface area (Å²) in [5, 5.41) is 0. The summed E-state index contributed by atoms with van der Waals surface area (Å²) in [5.41, 5.74) is 1.000. The maximum absolute atomic E-state index is 12.9. The summed E-state index contributed by atoms with van der Waals surface area (Å²) in [7, 11) is -3.47. The van der Waals surface area contributed by atoms with E-state index in [1.165, 1.54) is 0 Å². The number of rotatable bonds is 4. The van der Waals surface area contributed by atoms with E-state index >= 15 is 0 Å². The maximum Gasteiger partial charge on any atom is 0.244 e. The first-order chi connectivity index (χ1) is 9.86. The van der Waals surface area contributed by atoms with E-state index in [4.69, 9.17) is 11.6 Å². The van der Waals surface area contributed by atoms with Crippen molar-refractivity contribution in [3.05, 3.63) is 26.6 Å². The lowest BCUT2D eigenvalue weighted by Gasteiger charge is -2.32. The highest BCUT2D eigenvalue weighted by Crippen LogP contribution is 2.33. The second-order valence-corrected chi connectivity index (χ2v) is 9.37. The molecule has 1 unspecified atom stereocenters. The summed E-state index contributed by atoms with van der Waals surface area (Å²) in [6.45, 7) is 3.08. The Labute approximate surface area is 148 Å². The molecule has 0 spiro atoms. The lowest BCUT2D eigenvalue weighted by Crippen LogP contribution is -2.40. The van der Waals surface area contributed by atoms with Crippen LogP contribution in [0.15, 0.2) is 26.0 Å². The van der Waals surface area contributed by atoms with Crippen LogP contribution in [0.4, 0.5) is 0 Å². The highest BCUT2D eigenvalue weighted by atomic mass is 79.9. The molecular weight excluding hydrogens is 441 g/mol. The molecule has 1 fully saturated rings. The normalized spacial score (nSPS) is 20.7. The van der Waals surface area contributed by atoms with E-state index in [0.29, 0.717) is 34.3 Å². The molecule has 2 rings (SSSR count). The summed E-state index contributed by atoms with van der Waals surface area (Å²) in [6, 6.07) is 3.51. The van der Waals surface area contributed by atoms with Crippen LogP contribution in [0.5, 0.6) is 0 Å². The number of alkyl halides is 1. The molecule has 7 heteroatoms. The van der Waals surface area contributed by atoms with Gasteiger partial charge in [-0.15, -0.1) is 11.6 Å². The zero-order chi connectivity index (χ0) is 15.6. The topological polar surface area (TPSA) is 37.4 Å². The van der Waals surface area contributed by atoms with Crippen LogP contribution < -0.4 is 0 Å². The van der Waals surface area contributed by atoms with E-state index < -0.39 is 10.0 Å². The predicted molar refractivity (Wildman–Crippen MR) is 93.4 cm³/mol. The van der Waals surface area contributed by atoms with Crippen LogP contribution in [0.3, 0.4) is 0 Å². The molecule has 118 valence electrons. The molecule has 1 heterocycles. The minimum absolute atomic E-state index is 0.325. The minimum Gasteiger partial charge on any atom is -0.207 e. The fourth-order valence-corrected chi connectivity index (χ4v) is 6.10. The van der Waals surface area contributed by atoms with E-state index in [0.717, 1.165) is 29.3 Å². The Morgan fingerprint density at radius 1 is 1.33 bits per heavy atom. The molecule has 0 radical (unpaired) electrons. The average molecular weight is 460 g/mol. The molecule has 1 aromatic carbocycles. The van der Waals surface area contributed by atoms with Crippen molar-refractivity contribution in [2.24, 2.45) is 5.92 Å². The molecule has 1 aliphatic heterocycles. The summed E-state index contributed by atoms with van der Waals surface area (Å²) in [4.78, 5) is 0.325. The van der Waals surface area contributed by atoms with E-state index in [1.807, 2.05) is 13.0 Å². The average Bonchev–Trinajstić information content (AvgIpc) is 2.43. The molecule has 3 nitrogen and oxygen atoms in total. The molecular formula is C14H18Br2ClNO2S. The van der Waals surface area contributed by atoms with Gasteiger partial charge in [-0.2, -0.15) is 4.31 Å². The van der Waals surface area contributed by atoms with Gasteiger partial charge in [-0.3, -0.25) is 0 Å². The molecule has 1 saturated heterocycles. The van der Waals surface area contributed by atoms with Gasteiger partial charge in [0.2, 0.25) is 10.0 Å². The van der Waals surface area contributed by atoms with Crippen molar-refractivity contribution in [3.8, 4) is 0 Å². The van der Waals surface area contributed by atoms with Crippen molar-refractivity contribution in [1.29, 1.82) is 0 Å². The Morgan fingerprint density at radius 3 is 2.71 bits per heavy atom. The number of benzene rings is 1. The van der Waals surface area contributed by atoms with Crippen molar-refractivity contribution < 1.29 is 8.42 Å². The SMILES string of the molecule is Cc1cc(Br)c(S(=O)(=O)N2CCCC(CCCl)C2)cc1Br. The van der Waals surface area contributed by atoms with Crippen LogP contribution in [-0.4, -0.2) is 31.7 Å². The molecule has 0 saturated carbocycles. The van der Waals surface area contributed by atoms with Gasteiger partial charge in [-0.1, -0.05) is 15.9 Å². The zero-order valence-electron chi connectivity index (χ0n) is 11.8. The Hall–Kier alpha value is 0.380. The van der Waals surface area contributed by atoms with Crippen LogP contribution in [0.1, 0.15) is 24.8 Å². The maximum atomic E-state index is 12.9. The Kier molecular flexibility index (Phi) is 6.16. The second kappa shape index (κ2) is 7.30. The third-order valence-corrected chi connectivity index (χ3v) is 7.73. The fourth-order valence-electron chi connectivity index (χ4n) is 2.60. The van der Waals surface area contributed by atoms with E-state index in [9.17, 15) is 8.42 Å². The molecule has 1 aliphatic rings. The van der Waals surface area contributed by atoms with Crippen LogP contribution in [-0.2, 0) is 10.0 Å². The van der Waals surface area contributed by atoms with E-state index in [2.05, 4.69) is 31.9 Å². The van der Waals surface area contributed by atoms with Crippen molar-refractivity contribution in [2.45, 2.75) is 31.1 Å². The monoisotopic (exact) mass is 457 g/mol. The first-order valence-corrected chi connectivity index (χ1v) is 10.4. The van der Waals surface area contributed by atoms with Gasteiger partial charge in [0.05, 0.1) is 4.90 Å². The van der Waals surface area contributed by atoms with Crippen LogP contribution in [0, 0.1) is 12.8 Å². The third kappa shape index (κ3) is 4.02. The van der Waals surface area contributed by atoms with Gasteiger partial charge >= 0.3 is 0 Å². The molecule has 0 aliphatic carbocycles. The molecule has 0 bridgehead atoms. The molecule has 1 aromatic rings. The number of hydrogen-bond donors (Lipinski definition) is 0. The summed E-state index contributed by atoms with van der Waals surface area (Å²) in [6.07, 6.45) is 2.81. The molecule has 0 N–H and O–H groups in total. The van der Waals surface area contributed by atoms with Gasteiger partial charge in [0.15, 0.2) is 0 Å². The minimum atomic E-state index is -3.47. The predicted octanol–water partition coefficient (Wildman–Crippen LogP) is 4.55. The Morgan fingerprint density at radius 2 is 2.05 bits per heavy atom. The lowest BCUT2D eigenvalue weighted by atomic mass is 9.97. The van der Waals surface area contributed by atoms with Crippen LogP contribution in [0.25, 0.3) is 0 Å². The first-order valence-electron chi connectivity index (χ1n) is 6.88. The summed E-state index contributed by atoms with van der Waals surface area (Å²) >= 11 is 12.6. The summed E-state index contributed by atoms with van der Waals surface area (Å²) in [5.74, 6) is 0.942. The Balaban J connectivity index is 2.31. The zero-order valence-corrected chi connectivity index (χ0v) is 16.5. The van der Waals surface area contributed by atoms with Crippen LogP contribution >= 0.6 is 43.5 Å². The van der Waals surface area contributed by atoms with Gasteiger partial charge in [-0.25, -0.2) is 8.42 Å². The lowest BCUT2D eigenvalue weighted by molar-refractivity contribution is 0.262. The number of piperidine rings is 1. The van der Waals surface area contributed by atoms with E-state index in [1.54, 1.807) is 10.4 Å². The Bertz CT molecular complexity index is 620. The number of aryl methyl sites for hydroxylation is 1. The van der Waals surface area contributed by atoms with Crippen molar-refractivity contribution in [2.75, 3.05) is 19.0 Å². The van der Waals surface area contributed by atoms with E-state index in [-0.39, 0.29) is 0 Å². The van der Waals surface area contributed by atoms with Gasteiger partial charge in [0, 0.05) is 27.9 Å². The number of halogens is 3. The van der Waals surface area contributed by atoms with Crippen molar-refractivity contribution in [1.82, 2.24) is 4.31 Å². The van der Waals surface area contributed by atoms with Crippen molar-refractivity contribution >= 4 is 53.5 Å². The quantitative estimate of drug-likeness (QED) is 0.620. The first kappa shape index (κ1) is 17.7. The number of hydrogen-bond acceptors (Lipinski definition) is 2. The molecule has 0 aromatic heterocycles. The molecule has 21 heavy (non-hydrogen) atoms. The third-order valence-electron chi connectivity index (χ3n) is 3.83. The highest BCUT2D eigenvalue weighted by molar-refractivity contribution is 9.11. The standard InChI is InChI=1S/C14H18Br2ClNO2S/c1-10-7-13(16)14(8-12(10)15)21(19,20)18-6-2-3-11(9-18)4-5-17/h7-8,11H,2-6,9H2,1H3. The van der Waals surface area contributed by atoms with Gasteiger partial charge in [-0.05, 0) is 65.7 Å². The molecule has 1 atom stereocenters. The van der Waals surface area contributed by atoms with Crippen molar-refractivity contribution in [3.63, 3.8) is 0 Å². The smallest absolute Gasteiger partial charge is 0.207 e. The number of nitrogens with zero attached hydrogens (tertiary/aromatic N) is 1. The fraction of sp³-hybridized carbons (Fsp3) is 0.571. The van der Waals surface area contributed by atoms with Crippen LogP contribution in [0.2, 0.25) is 0 Å². The number of sulfonamides is 1. The van der Waals surface area contributed by atoms with Gasteiger partial charge in [0.25, 0.3) is 0 Å². The molecule has 0 amide bonds. The highest BCUT2D eigenvalue weighted by Gasteiger charge is 2.31. The van der Waals surface area contributed by atoms with Gasteiger partial charge in [0.1, 0.15) is 0 Å².